The Bertz CT molecular complexity index is 4070. The lowest BCUT2D eigenvalue weighted by molar-refractivity contribution is 0.725. The van der Waals surface area contributed by atoms with Gasteiger partial charge in [-0.05, 0) is 196 Å². The Labute approximate surface area is 455 Å². The number of allylic oxidation sites excluding steroid dienone is 15. The SMILES string of the molecule is C=C/C=C\C=C/C(C)Cc1ccccc1-c1cc(C(=C)/C=C2C(C)=C(/C=C\C(=C)n3c4ccccc4c4ccccc43)CC/2=C/C)cc(-c2ccc(CC)c(-c3cccc(-n4c5ccccc5c5ccccc54)c3)c2)c1C. The van der Waals surface area contributed by atoms with Crippen LogP contribution in [-0.2, 0) is 12.8 Å². The largest absolute Gasteiger partial charge is 0.310 e. The molecule has 2 nitrogen and oxygen atoms in total. The number of benzene rings is 8. The topological polar surface area (TPSA) is 9.86 Å². The third kappa shape index (κ3) is 9.58. The van der Waals surface area contributed by atoms with E-state index in [2.05, 4.69) is 275 Å². The van der Waals surface area contributed by atoms with Crippen molar-refractivity contribution in [1.29, 1.82) is 0 Å². The number of nitrogens with zero attached hydrogens (tertiary/aromatic N) is 2. The second-order valence-electron chi connectivity index (χ2n) is 20.6. The van der Waals surface area contributed by atoms with Gasteiger partial charge >= 0.3 is 0 Å². The third-order valence-corrected chi connectivity index (χ3v) is 15.8. The number of fused-ring (bicyclic) bond motifs is 6. The molecule has 376 valence electrons. The van der Waals surface area contributed by atoms with Crippen molar-refractivity contribution >= 4 is 54.9 Å². The highest BCUT2D eigenvalue weighted by Crippen LogP contribution is 2.43. The first-order valence-corrected chi connectivity index (χ1v) is 27.2. The van der Waals surface area contributed by atoms with E-state index in [4.69, 9.17) is 6.58 Å². The van der Waals surface area contributed by atoms with Crippen molar-refractivity contribution in [1.82, 2.24) is 9.13 Å². The molecular formula is C75H66N2. The summed E-state index contributed by atoms with van der Waals surface area (Å²) in [4.78, 5) is 0. The minimum Gasteiger partial charge on any atom is -0.310 e. The first-order valence-electron chi connectivity index (χ1n) is 27.2. The fourth-order valence-corrected chi connectivity index (χ4v) is 11.8. The summed E-state index contributed by atoms with van der Waals surface area (Å²) < 4.78 is 4.70. The van der Waals surface area contributed by atoms with E-state index in [0.29, 0.717) is 5.92 Å². The zero-order valence-electron chi connectivity index (χ0n) is 45.2. The summed E-state index contributed by atoms with van der Waals surface area (Å²) in [6, 6.07) is 64.7. The second-order valence-corrected chi connectivity index (χ2v) is 20.6. The van der Waals surface area contributed by atoms with Crippen molar-refractivity contribution in [2.24, 2.45) is 5.92 Å². The van der Waals surface area contributed by atoms with Crippen molar-refractivity contribution in [3.63, 3.8) is 0 Å². The van der Waals surface area contributed by atoms with E-state index in [1.54, 1.807) is 0 Å². The molecule has 2 aromatic heterocycles. The number of para-hydroxylation sites is 4. The fourth-order valence-electron chi connectivity index (χ4n) is 11.8. The summed E-state index contributed by atoms with van der Waals surface area (Å²) in [6.07, 6.45) is 22.0. The van der Waals surface area contributed by atoms with Crippen LogP contribution in [0, 0.1) is 12.8 Å². The van der Waals surface area contributed by atoms with Crippen molar-refractivity contribution in [3.8, 4) is 39.1 Å². The molecule has 77 heavy (non-hydrogen) atoms. The predicted octanol–water partition coefficient (Wildman–Crippen LogP) is 20.6. The van der Waals surface area contributed by atoms with E-state index < -0.39 is 0 Å². The average Bonchev–Trinajstić information content (AvgIpc) is 4.21. The Morgan fingerprint density at radius 1 is 0.597 bits per heavy atom. The van der Waals surface area contributed by atoms with Crippen LogP contribution in [0.5, 0.6) is 0 Å². The van der Waals surface area contributed by atoms with Gasteiger partial charge in [0.2, 0.25) is 0 Å². The average molecular weight is 995 g/mol. The van der Waals surface area contributed by atoms with Crippen LogP contribution in [0.15, 0.2) is 273 Å². The van der Waals surface area contributed by atoms with E-state index in [1.807, 2.05) is 12.2 Å². The highest BCUT2D eigenvalue weighted by molar-refractivity contribution is 6.11. The van der Waals surface area contributed by atoms with Gasteiger partial charge in [-0.2, -0.15) is 0 Å². The number of aromatic nitrogens is 2. The third-order valence-electron chi connectivity index (χ3n) is 15.8. The molecule has 0 spiro atoms. The highest BCUT2D eigenvalue weighted by Gasteiger charge is 2.22. The van der Waals surface area contributed by atoms with E-state index in [9.17, 15) is 0 Å². The summed E-state index contributed by atoms with van der Waals surface area (Å²) >= 11 is 0. The van der Waals surface area contributed by atoms with Crippen LogP contribution < -0.4 is 0 Å². The van der Waals surface area contributed by atoms with Crippen molar-refractivity contribution in [3.05, 3.63) is 295 Å². The van der Waals surface area contributed by atoms with E-state index in [1.165, 1.54) is 105 Å². The fraction of sp³-hybridized carbons (Fsp3) is 0.120. The first kappa shape index (κ1) is 50.2. The predicted molar refractivity (Wildman–Crippen MR) is 335 cm³/mol. The maximum Gasteiger partial charge on any atom is 0.0541 e. The number of hydrogen-bond donors (Lipinski definition) is 0. The summed E-state index contributed by atoms with van der Waals surface area (Å²) in [6.45, 7) is 24.6. The van der Waals surface area contributed by atoms with E-state index >= 15 is 0 Å². The maximum absolute atomic E-state index is 4.88. The molecular weight excluding hydrogens is 929 g/mol. The Morgan fingerprint density at radius 2 is 1.21 bits per heavy atom. The van der Waals surface area contributed by atoms with Gasteiger partial charge in [-0.25, -0.2) is 0 Å². The smallest absolute Gasteiger partial charge is 0.0541 e. The van der Waals surface area contributed by atoms with Crippen molar-refractivity contribution < 1.29 is 0 Å². The van der Waals surface area contributed by atoms with Gasteiger partial charge in [0.25, 0.3) is 0 Å². The van der Waals surface area contributed by atoms with Gasteiger partial charge in [-0.15, -0.1) is 0 Å². The first-order chi connectivity index (χ1) is 37.6. The molecule has 0 bridgehead atoms. The monoisotopic (exact) mass is 995 g/mol. The van der Waals surface area contributed by atoms with Gasteiger partial charge < -0.3 is 9.13 Å². The molecule has 0 N–H and O–H groups in total. The highest BCUT2D eigenvalue weighted by atomic mass is 15.0. The van der Waals surface area contributed by atoms with Gasteiger partial charge in [0.15, 0.2) is 0 Å². The van der Waals surface area contributed by atoms with E-state index in [0.717, 1.165) is 52.8 Å². The molecule has 1 aliphatic rings. The Hall–Kier alpha value is -8.98. The van der Waals surface area contributed by atoms with Gasteiger partial charge in [0.1, 0.15) is 0 Å². The van der Waals surface area contributed by atoms with Gasteiger partial charge in [-0.3, -0.25) is 0 Å². The molecule has 0 saturated carbocycles. The molecule has 11 rings (SSSR count). The molecule has 1 atom stereocenters. The van der Waals surface area contributed by atoms with Crippen LogP contribution in [0.25, 0.3) is 93.9 Å². The molecule has 0 radical (unpaired) electrons. The Morgan fingerprint density at radius 3 is 1.87 bits per heavy atom. The molecule has 0 amide bonds. The number of aryl methyl sites for hydroxylation is 1. The van der Waals surface area contributed by atoms with Crippen LogP contribution in [-0.4, -0.2) is 9.13 Å². The molecule has 0 saturated heterocycles. The number of hydrogen-bond acceptors (Lipinski definition) is 0. The Balaban J connectivity index is 1.01. The molecule has 8 aromatic carbocycles. The Kier molecular flexibility index (Phi) is 14.1. The van der Waals surface area contributed by atoms with Crippen LogP contribution in [0.2, 0.25) is 0 Å². The molecule has 1 aliphatic carbocycles. The van der Waals surface area contributed by atoms with Gasteiger partial charge in [0, 0.05) is 32.9 Å². The lowest BCUT2D eigenvalue weighted by atomic mass is 9.84. The van der Waals surface area contributed by atoms with Crippen LogP contribution in [0.3, 0.4) is 0 Å². The molecule has 1 unspecified atom stereocenters. The van der Waals surface area contributed by atoms with E-state index in [-0.39, 0.29) is 0 Å². The van der Waals surface area contributed by atoms with Crippen LogP contribution in [0.4, 0.5) is 0 Å². The maximum atomic E-state index is 4.88. The van der Waals surface area contributed by atoms with Crippen LogP contribution >= 0.6 is 0 Å². The van der Waals surface area contributed by atoms with Crippen molar-refractivity contribution in [2.45, 2.75) is 53.9 Å². The molecule has 0 fully saturated rings. The minimum absolute atomic E-state index is 0.328. The summed E-state index contributed by atoms with van der Waals surface area (Å²) in [5.74, 6) is 0.328. The summed E-state index contributed by atoms with van der Waals surface area (Å²) in [7, 11) is 0. The summed E-state index contributed by atoms with van der Waals surface area (Å²) in [5.41, 5.74) is 25.2. The summed E-state index contributed by atoms with van der Waals surface area (Å²) in [5, 5.41) is 4.99. The lowest BCUT2D eigenvalue weighted by Crippen LogP contribution is -2.01. The zero-order valence-corrected chi connectivity index (χ0v) is 45.2. The van der Waals surface area contributed by atoms with Gasteiger partial charge in [0.05, 0.1) is 22.1 Å². The molecule has 2 heterocycles. The molecule has 2 heteroatoms. The molecule has 0 aliphatic heterocycles. The number of rotatable bonds is 15. The standard InChI is InChI=1S/C75H66N2/c1-9-12-13-14-26-50(4)43-58-27-15-16-30-63(58)70-49-61(51(5)44-68-53(7)57(45-56(68)11-3)40-39-52(6)76-72-35-21-17-31-64(72)65-32-18-22-36-73(65)76)48-69(54(70)8)60-42-41-55(10-2)71(47-60)59-28-25-29-62(46-59)77-74-37-23-19-33-66(74)67-34-20-24-38-75(67)77/h9,11-42,44,46-50H,1,5-6,10,43,45H2,2-4,7-8H3/b13-12-,26-14-,40-39-,56-11-,68-44-. The second kappa shape index (κ2) is 21.7. The minimum atomic E-state index is 0.328. The zero-order chi connectivity index (χ0) is 53.2. The van der Waals surface area contributed by atoms with Gasteiger partial charge in [-0.1, -0.05) is 197 Å². The normalized spacial score (nSPS) is 14.6. The van der Waals surface area contributed by atoms with Crippen molar-refractivity contribution in [2.75, 3.05) is 0 Å². The quantitative estimate of drug-likeness (QED) is 0.0906. The van der Waals surface area contributed by atoms with Crippen LogP contribution in [0.1, 0.15) is 56.4 Å². The lowest BCUT2D eigenvalue weighted by Gasteiger charge is -2.20. The molecule has 10 aromatic rings.